The molecule has 2 amide bonds. The van der Waals surface area contributed by atoms with Gasteiger partial charge in [-0.2, -0.15) is 0 Å². The fourth-order valence-electron chi connectivity index (χ4n) is 1.39. The molecule has 7 heteroatoms. The number of rotatable bonds is 7. The molecule has 0 aliphatic rings. The first kappa shape index (κ1) is 17.2. The zero-order valence-electron chi connectivity index (χ0n) is 11.7. The number of hydrogen-bond donors (Lipinski definition) is 3. The molecule has 0 radical (unpaired) electrons. The Bertz CT molecular complexity index is 332. The molecule has 0 aromatic rings. The van der Waals surface area contributed by atoms with Crippen LogP contribution in [0.1, 0.15) is 34.1 Å². The minimum Gasteiger partial charge on any atom is -0.480 e. The Labute approximate surface area is 112 Å². The number of carboxylic acid groups (broad SMARTS) is 1. The normalized spacial score (nSPS) is 14.9. The number of urea groups is 1. The van der Waals surface area contributed by atoms with Gasteiger partial charge in [-0.25, -0.2) is 14.4 Å². The minimum absolute atomic E-state index is 0.207. The fraction of sp³-hybridized carbons (Fsp3) is 0.750. The monoisotopic (exact) mass is 274 g/mol. The number of carbonyl (C=O) groups is 3. The highest BCUT2D eigenvalue weighted by molar-refractivity contribution is 5.86. The number of aliphatic carboxylic acids is 1. The lowest BCUT2D eigenvalue weighted by Crippen LogP contribution is -2.52. The van der Waals surface area contributed by atoms with Crippen LogP contribution in [-0.4, -0.2) is 41.8 Å². The summed E-state index contributed by atoms with van der Waals surface area (Å²) < 4.78 is 4.73. The predicted octanol–water partition coefficient (Wildman–Crippen LogP) is 0.737. The molecule has 19 heavy (non-hydrogen) atoms. The average Bonchev–Trinajstić information content (AvgIpc) is 2.34. The molecule has 0 aliphatic heterocycles. The van der Waals surface area contributed by atoms with Gasteiger partial charge in [0.05, 0.1) is 6.61 Å². The van der Waals surface area contributed by atoms with Gasteiger partial charge in [-0.3, -0.25) is 0 Å². The van der Waals surface area contributed by atoms with E-state index in [1.165, 1.54) is 6.92 Å². The molecule has 0 aliphatic carbocycles. The smallest absolute Gasteiger partial charge is 0.328 e. The Balaban J connectivity index is 4.42. The lowest BCUT2D eigenvalue weighted by atomic mass is 9.99. The van der Waals surface area contributed by atoms with Gasteiger partial charge in [0.1, 0.15) is 12.1 Å². The van der Waals surface area contributed by atoms with Crippen LogP contribution >= 0.6 is 0 Å². The first-order valence-electron chi connectivity index (χ1n) is 6.29. The molecular weight excluding hydrogens is 252 g/mol. The van der Waals surface area contributed by atoms with E-state index in [0.29, 0.717) is 6.42 Å². The number of esters is 1. The third kappa shape index (κ3) is 6.08. The van der Waals surface area contributed by atoms with Crippen molar-refractivity contribution in [2.75, 3.05) is 6.61 Å². The standard InChI is InChI=1S/C12H22N2O5/c1-5-7(3)9(10(15)16)14-12(18)13-8(4)11(17)19-6-2/h7-9H,5-6H2,1-4H3,(H,15,16)(H2,13,14,18)/t7?,8?,9-/m1/s1. The van der Waals surface area contributed by atoms with E-state index in [4.69, 9.17) is 9.84 Å². The molecule has 0 saturated carbocycles. The number of carbonyl (C=O) groups excluding carboxylic acids is 2. The summed E-state index contributed by atoms with van der Waals surface area (Å²) in [5.41, 5.74) is 0. The molecule has 3 atom stereocenters. The van der Waals surface area contributed by atoms with Crippen molar-refractivity contribution >= 4 is 18.0 Å². The highest BCUT2D eigenvalue weighted by Gasteiger charge is 2.26. The third-order valence-electron chi connectivity index (χ3n) is 2.75. The summed E-state index contributed by atoms with van der Waals surface area (Å²) >= 11 is 0. The van der Waals surface area contributed by atoms with E-state index in [2.05, 4.69) is 10.6 Å². The van der Waals surface area contributed by atoms with Crippen molar-refractivity contribution in [2.45, 2.75) is 46.2 Å². The maximum Gasteiger partial charge on any atom is 0.328 e. The van der Waals surface area contributed by atoms with Gasteiger partial charge < -0.3 is 20.5 Å². The highest BCUT2D eigenvalue weighted by atomic mass is 16.5. The van der Waals surface area contributed by atoms with Crippen LogP contribution in [0.2, 0.25) is 0 Å². The van der Waals surface area contributed by atoms with E-state index < -0.39 is 30.1 Å². The van der Waals surface area contributed by atoms with Crippen LogP contribution in [0.15, 0.2) is 0 Å². The predicted molar refractivity (Wildman–Crippen MR) is 68.6 cm³/mol. The van der Waals surface area contributed by atoms with Crippen LogP contribution in [0.25, 0.3) is 0 Å². The zero-order chi connectivity index (χ0) is 15.0. The maximum atomic E-state index is 11.6. The Morgan fingerprint density at radius 1 is 1.16 bits per heavy atom. The molecule has 0 aromatic heterocycles. The molecule has 110 valence electrons. The van der Waals surface area contributed by atoms with Crippen LogP contribution in [0, 0.1) is 5.92 Å². The number of carboxylic acids is 1. The van der Waals surface area contributed by atoms with E-state index in [-0.39, 0.29) is 12.5 Å². The van der Waals surface area contributed by atoms with Crippen molar-refractivity contribution < 1.29 is 24.2 Å². The molecule has 0 fully saturated rings. The summed E-state index contributed by atoms with van der Waals surface area (Å²) in [5, 5.41) is 13.7. The summed E-state index contributed by atoms with van der Waals surface area (Å²) in [6, 6.07) is -2.51. The molecule has 0 saturated heterocycles. The number of nitrogens with one attached hydrogen (secondary N) is 2. The number of hydrogen-bond acceptors (Lipinski definition) is 4. The molecule has 0 spiro atoms. The molecular formula is C12H22N2O5. The summed E-state index contributed by atoms with van der Waals surface area (Å²) in [6.45, 7) is 6.91. The van der Waals surface area contributed by atoms with Gasteiger partial charge >= 0.3 is 18.0 Å². The lowest BCUT2D eigenvalue weighted by molar-refractivity contribution is -0.144. The average molecular weight is 274 g/mol. The van der Waals surface area contributed by atoms with Crippen LogP contribution in [0.4, 0.5) is 4.79 Å². The van der Waals surface area contributed by atoms with E-state index in [0.717, 1.165) is 0 Å². The first-order chi connectivity index (χ1) is 8.83. The Kier molecular flexibility index (Phi) is 7.55. The fourth-order valence-corrected chi connectivity index (χ4v) is 1.39. The SMILES string of the molecule is CCOC(=O)C(C)NC(=O)N[C@@H](C(=O)O)C(C)CC. The van der Waals surface area contributed by atoms with E-state index >= 15 is 0 Å². The highest BCUT2D eigenvalue weighted by Crippen LogP contribution is 2.07. The molecule has 0 rings (SSSR count). The van der Waals surface area contributed by atoms with Gasteiger partial charge in [-0.1, -0.05) is 20.3 Å². The largest absolute Gasteiger partial charge is 0.480 e. The van der Waals surface area contributed by atoms with Crippen molar-refractivity contribution in [1.82, 2.24) is 10.6 Å². The van der Waals surface area contributed by atoms with Crippen molar-refractivity contribution in [3.63, 3.8) is 0 Å². The van der Waals surface area contributed by atoms with Gasteiger partial charge in [0, 0.05) is 0 Å². The Morgan fingerprint density at radius 3 is 2.16 bits per heavy atom. The second kappa shape index (κ2) is 8.34. The third-order valence-corrected chi connectivity index (χ3v) is 2.75. The molecule has 0 aromatic carbocycles. The topological polar surface area (TPSA) is 105 Å². The van der Waals surface area contributed by atoms with E-state index in [9.17, 15) is 14.4 Å². The van der Waals surface area contributed by atoms with Crippen LogP contribution in [0.5, 0.6) is 0 Å². The quantitative estimate of drug-likeness (QED) is 0.594. The van der Waals surface area contributed by atoms with Crippen molar-refractivity contribution in [1.29, 1.82) is 0 Å². The summed E-state index contributed by atoms with van der Waals surface area (Å²) in [7, 11) is 0. The van der Waals surface area contributed by atoms with Crippen molar-refractivity contribution in [3.8, 4) is 0 Å². The van der Waals surface area contributed by atoms with E-state index in [1.54, 1.807) is 13.8 Å². The van der Waals surface area contributed by atoms with Crippen molar-refractivity contribution in [2.24, 2.45) is 5.92 Å². The Hall–Kier alpha value is -1.79. The van der Waals surface area contributed by atoms with Gasteiger partial charge in [0.15, 0.2) is 0 Å². The van der Waals surface area contributed by atoms with Gasteiger partial charge in [0.2, 0.25) is 0 Å². The minimum atomic E-state index is -1.10. The number of amides is 2. The van der Waals surface area contributed by atoms with Crippen LogP contribution in [0.3, 0.4) is 0 Å². The molecule has 0 heterocycles. The van der Waals surface area contributed by atoms with Crippen molar-refractivity contribution in [3.05, 3.63) is 0 Å². The Morgan fingerprint density at radius 2 is 1.74 bits per heavy atom. The zero-order valence-corrected chi connectivity index (χ0v) is 11.7. The molecule has 7 nitrogen and oxygen atoms in total. The number of ether oxygens (including phenoxy) is 1. The van der Waals surface area contributed by atoms with Gasteiger partial charge in [-0.05, 0) is 19.8 Å². The molecule has 3 N–H and O–H groups in total. The summed E-state index contributed by atoms with van der Waals surface area (Å²) in [5.74, 6) is -1.87. The summed E-state index contributed by atoms with van der Waals surface area (Å²) in [4.78, 5) is 33.9. The van der Waals surface area contributed by atoms with Crippen LogP contribution in [-0.2, 0) is 14.3 Å². The second-order valence-electron chi connectivity index (χ2n) is 4.29. The molecule has 0 bridgehead atoms. The lowest BCUT2D eigenvalue weighted by Gasteiger charge is -2.21. The van der Waals surface area contributed by atoms with Gasteiger partial charge in [0.25, 0.3) is 0 Å². The van der Waals surface area contributed by atoms with E-state index in [1.807, 2.05) is 6.92 Å². The van der Waals surface area contributed by atoms with Gasteiger partial charge in [-0.15, -0.1) is 0 Å². The van der Waals surface area contributed by atoms with Crippen LogP contribution < -0.4 is 10.6 Å². The first-order valence-corrected chi connectivity index (χ1v) is 6.29. The maximum absolute atomic E-state index is 11.6. The summed E-state index contributed by atoms with van der Waals surface area (Å²) in [6.07, 6.45) is 0.616. The molecule has 2 unspecified atom stereocenters. The second-order valence-corrected chi connectivity index (χ2v) is 4.29.